The lowest BCUT2D eigenvalue weighted by Crippen LogP contribution is -2.23. The van der Waals surface area contributed by atoms with Crippen LogP contribution in [0.25, 0.3) is 11.1 Å². The number of aryl methyl sites for hydroxylation is 1. The van der Waals surface area contributed by atoms with Crippen LogP contribution in [0.5, 0.6) is 0 Å². The highest BCUT2D eigenvalue weighted by Crippen LogP contribution is 2.39. The number of amidine groups is 1. The van der Waals surface area contributed by atoms with Gasteiger partial charge in [0.1, 0.15) is 0 Å². The van der Waals surface area contributed by atoms with Gasteiger partial charge in [0.15, 0.2) is 5.84 Å². The first-order valence-electron chi connectivity index (χ1n) is 10.5. The maximum absolute atomic E-state index is 12.8. The van der Waals surface area contributed by atoms with Crippen molar-refractivity contribution in [3.05, 3.63) is 77.9 Å². The van der Waals surface area contributed by atoms with Gasteiger partial charge in [0.2, 0.25) is 0 Å². The van der Waals surface area contributed by atoms with Gasteiger partial charge < -0.3 is 16.4 Å². The quantitative estimate of drug-likeness (QED) is 0.112. The highest BCUT2D eigenvalue weighted by atomic mass is 32.2. The summed E-state index contributed by atoms with van der Waals surface area (Å²) < 4.78 is -0.0346. The molecular formula is C25H30N6OS. The number of anilines is 2. The summed E-state index contributed by atoms with van der Waals surface area (Å²) in [5.74, 6) is 5.58. The van der Waals surface area contributed by atoms with Crippen LogP contribution in [0.4, 0.5) is 16.2 Å². The van der Waals surface area contributed by atoms with E-state index in [1.807, 2.05) is 73.7 Å². The van der Waals surface area contributed by atoms with Crippen LogP contribution < -0.4 is 27.7 Å². The van der Waals surface area contributed by atoms with Crippen molar-refractivity contribution in [3.63, 3.8) is 0 Å². The maximum Gasteiger partial charge on any atom is 0.323 e. The number of hydrogen-bond acceptors (Lipinski definition) is 5. The van der Waals surface area contributed by atoms with Crippen LogP contribution in [0.2, 0.25) is 0 Å². The lowest BCUT2D eigenvalue weighted by molar-refractivity contribution is 0.262. The second kappa shape index (κ2) is 10.4. The normalized spacial score (nSPS) is 11.7. The molecule has 3 aromatic rings. The van der Waals surface area contributed by atoms with E-state index in [-0.39, 0.29) is 16.6 Å². The molecule has 3 rings (SSSR count). The number of thioether (sulfide) groups is 1. The van der Waals surface area contributed by atoms with E-state index in [9.17, 15) is 4.79 Å². The van der Waals surface area contributed by atoms with Crippen LogP contribution in [0.15, 0.2) is 76.7 Å². The Kier molecular flexibility index (Phi) is 7.63. The number of benzene rings is 3. The zero-order valence-electron chi connectivity index (χ0n) is 19.3. The van der Waals surface area contributed by atoms with Crippen molar-refractivity contribution in [1.82, 2.24) is 5.53 Å². The van der Waals surface area contributed by atoms with E-state index in [4.69, 9.17) is 11.6 Å². The molecule has 0 spiro atoms. The van der Waals surface area contributed by atoms with Crippen molar-refractivity contribution >= 4 is 35.0 Å². The standard InChI is InChI=1S/C25H30N6OS/c1-16-9-12-18(13-10-16)28-24(32)29-21-15-17(11-14-22(21)33-25(2,3)4)19-7-5-6-8-20(19)23(26)30-31-27/h5-15,31H,27H2,1-4H3,(H2,26,30)(H2,28,29,32). The fraction of sp³-hybridized carbons (Fsp3) is 0.200. The number of nitrogens with two attached hydrogens (primary N) is 2. The summed E-state index contributed by atoms with van der Waals surface area (Å²) in [5, 5.41) is 9.82. The van der Waals surface area contributed by atoms with Crippen LogP contribution in [0.1, 0.15) is 31.9 Å². The van der Waals surface area contributed by atoms with Gasteiger partial charge in [0.05, 0.1) is 5.69 Å². The average molecular weight is 463 g/mol. The Morgan fingerprint density at radius 2 is 1.67 bits per heavy atom. The molecule has 33 heavy (non-hydrogen) atoms. The summed E-state index contributed by atoms with van der Waals surface area (Å²) >= 11 is 1.68. The summed E-state index contributed by atoms with van der Waals surface area (Å²) in [6.45, 7) is 8.40. The zero-order chi connectivity index (χ0) is 24.0. The van der Waals surface area contributed by atoms with Gasteiger partial charge in [-0.3, -0.25) is 0 Å². The predicted octanol–water partition coefficient (Wildman–Crippen LogP) is 5.28. The second-order valence-corrected chi connectivity index (χ2v) is 10.4. The molecule has 0 aliphatic heterocycles. The Morgan fingerprint density at radius 1 is 0.970 bits per heavy atom. The minimum absolute atomic E-state index is 0.0346. The molecule has 172 valence electrons. The van der Waals surface area contributed by atoms with Crippen molar-refractivity contribution in [2.24, 2.45) is 16.7 Å². The Labute approximate surface area is 199 Å². The minimum Gasteiger partial charge on any atom is -0.382 e. The number of amides is 2. The molecule has 0 aliphatic carbocycles. The molecule has 0 heterocycles. The Hall–Kier alpha value is -3.49. The molecule has 7 N–H and O–H groups in total. The van der Waals surface area contributed by atoms with Gasteiger partial charge in [0, 0.05) is 20.9 Å². The highest BCUT2D eigenvalue weighted by molar-refractivity contribution is 8.00. The molecule has 2 amide bonds. The van der Waals surface area contributed by atoms with Crippen LogP contribution in [0, 0.1) is 6.92 Å². The molecule has 8 heteroatoms. The molecule has 0 aliphatic rings. The number of hydrazine groups is 1. The number of hydrazone groups is 1. The summed E-state index contributed by atoms with van der Waals surface area (Å²) in [4.78, 5) is 13.8. The molecular weight excluding hydrogens is 432 g/mol. The van der Waals surface area contributed by atoms with Gasteiger partial charge in [0.25, 0.3) is 0 Å². The van der Waals surface area contributed by atoms with Crippen LogP contribution in [-0.4, -0.2) is 16.6 Å². The fourth-order valence-corrected chi connectivity index (χ4v) is 4.24. The maximum atomic E-state index is 12.8. The Balaban J connectivity index is 1.97. The second-order valence-electron chi connectivity index (χ2n) is 8.54. The van der Waals surface area contributed by atoms with Gasteiger partial charge in [-0.2, -0.15) is 0 Å². The van der Waals surface area contributed by atoms with Crippen molar-refractivity contribution < 1.29 is 4.79 Å². The molecule has 0 bridgehead atoms. The summed E-state index contributed by atoms with van der Waals surface area (Å²) in [6, 6.07) is 21.0. The highest BCUT2D eigenvalue weighted by Gasteiger charge is 2.18. The molecule has 0 unspecified atom stereocenters. The zero-order valence-corrected chi connectivity index (χ0v) is 20.1. The Bertz CT molecular complexity index is 1150. The van der Waals surface area contributed by atoms with Crippen molar-refractivity contribution in [2.45, 2.75) is 37.3 Å². The lowest BCUT2D eigenvalue weighted by atomic mass is 9.98. The van der Waals surface area contributed by atoms with Crippen LogP contribution >= 0.6 is 11.8 Å². The third-order valence-corrected chi connectivity index (χ3v) is 5.84. The van der Waals surface area contributed by atoms with E-state index in [0.717, 1.165) is 32.8 Å². The van der Waals surface area contributed by atoms with Gasteiger partial charge in [-0.15, -0.1) is 16.9 Å². The topological polar surface area (TPSA) is 118 Å². The number of carbonyl (C=O) groups excluding carboxylic acids is 1. The number of carbonyl (C=O) groups is 1. The minimum atomic E-state index is -0.312. The van der Waals surface area contributed by atoms with Gasteiger partial charge in [-0.1, -0.05) is 68.8 Å². The monoisotopic (exact) mass is 462 g/mol. The van der Waals surface area contributed by atoms with Gasteiger partial charge >= 0.3 is 6.03 Å². The van der Waals surface area contributed by atoms with Crippen molar-refractivity contribution in [2.75, 3.05) is 10.6 Å². The summed E-state index contributed by atoms with van der Waals surface area (Å²) in [6.07, 6.45) is 0. The van der Waals surface area contributed by atoms with Crippen LogP contribution in [-0.2, 0) is 0 Å². The van der Waals surface area contributed by atoms with E-state index in [2.05, 4.69) is 42.0 Å². The largest absolute Gasteiger partial charge is 0.382 e. The number of hydrogen-bond donors (Lipinski definition) is 5. The number of nitrogens with one attached hydrogen (secondary N) is 3. The first kappa shape index (κ1) is 24.2. The third-order valence-electron chi connectivity index (χ3n) is 4.65. The molecule has 0 saturated heterocycles. The third kappa shape index (κ3) is 6.74. The predicted molar refractivity (Wildman–Crippen MR) is 139 cm³/mol. The smallest absolute Gasteiger partial charge is 0.323 e. The first-order chi connectivity index (χ1) is 15.7. The van der Waals surface area contributed by atoms with E-state index in [0.29, 0.717) is 5.69 Å². The fourth-order valence-electron chi connectivity index (χ4n) is 3.22. The number of nitrogens with zero attached hydrogens (tertiary/aromatic N) is 1. The average Bonchev–Trinajstić information content (AvgIpc) is 2.76. The van der Waals surface area contributed by atoms with E-state index < -0.39 is 0 Å². The van der Waals surface area contributed by atoms with E-state index in [1.54, 1.807) is 11.8 Å². The summed E-state index contributed by atoms with van der Waals surface area (Å²) in [5.41, 5.74) is 13.4. The number of rotatable bonds is 6. The van der Waals surface area contributed by atoms with Crippen LogP contribution in [0.3, 0.4) is 0 Å². The SMILES string of the molecule is Cc1ccc(NC(=O)Nc2cc(-c3ccccc3/C(N)=N/NN)ccc2SC(C)(C)C)cc1. The number of urea groups is 1. The Morgan fingerprint density at radius 3 is 2.33 bits per heavy atom. The molecule has 0 aromatic heterocycles. The van der Waals surface area contributed by atoms with Crippen molar-refractivity contribution in [3.8, 4) is 11.1 Å². The molecule has 3 aromatic carbocycles. The lowest BCUT2D eigenvalue weighted by Gasteiger charge is -2.21. The molecule has 0 fully saturated rings. The van der Waals surface area contributed by atoms with Gasteiger partial charge in [-0.05, 0) is 42.3 Å². The molecule has 0 radical (unpaired) electrons. The van der Waals surface area contributed by atoms with Gasteiger partial charge in [-0.25, -0.2) is 16.2 Å². The van der Waals surface area contributed by atoms with E-state index >= 15 is 0 Å². The first-order valence-corrected chi connectivity index (χ1v) is 11.3. The van der Waals surface area contributed by atoms with E-state index in [1.165, 1.54) is 0 Å². The molecule has 0 atom stereocenters. The van der Waals surface area contributed by atoms with Crippen molar-refractivity contribution in [1.29, 1.82) is 0 Å². The summed E-state index contributed by atoms with van der Waals surface area (Å²) in [7, 11) is 0. The molecule has 0 saturated carbocycles. The molecule has 7 nitrogen and oxygen atoms in total.